The Labute approximate surface area is 121 Å². The number of amides is 1. The Morgan fingerprint density at radius 3 is 3.00 bits per heavy atom. The number of nitrogens with one attached hydrogen (secondary N) is 1. The van der Waals surface area contributed by atoms with Crippen LogP contribution >= 0.6 is 12.4 Å². The number of halogens is 1. The van der Waals surface area contributed by atoms with Gasteiger partial charge in [0.2, 0.25) is 0 Å². The third-order valence-corrected chi connectivity index (χ3v) is 3.69. The van der Waals surface area contributed by atoms with E-state index in [0.717, 1.165) is 39.1 Å². The minimum absolute atomic E-state index is 0. The van der Waals surface area contributed by atoms with Gasteiger partial charge in [-0.3, -0.25) is 4.79 Å². The highest BCUT2D eigenvalue weighted by atomic mass is 35.5. The fraction of sp³-hybridized carbons (Fsp3) is 0.923. The summed E-state index contributed by atoms with van der Waals surface area (Å²) in [7, 11) is 0. The van der Waals surface area contributed by atoms with Crippen molar-refractivity contribution in [1.29, 1.82) is 0 Å². The van der Waals surface area contributed by atoms with Crippen molar-refractivity contribution in [2.75, 3.05) is 32.8 Å². The molecule has 0 aromatic heterocycles. The molecular weight excluding hydrogens is 268 g/mol. The first kappa shape index (κ1) is 16.7. The van der Waals surface area contributed by atoms with E-state index < -0.39 is 0 Å². The van der Waals surface area contributed by atoms with Crippen LogP contribution < -0.4 is 5.32 Å². The molecule has 0 saturated carbocycles. The van der Waals surface area contributed by atoms with E-state index in [1.165, 1.54) is 0 Å². The number of hydrogen-bond donors (Lipinski definition) is 1. The maximum atomic E-state index is 12.2. The number of rotatable bonds is 4. The average Bonchev–Trinajstić information content (AvgIpc) is 2.89. The summed E-state index contributed by atoms with van der Waals surface area (Å²) in [6.07, 6.45) is 1.96. The van der Waals surface area contributed by atoms with Gasteiger partial charge in [0.1, 0.15) is 6.10 Å². The molecule has 0 bridgehead atoms. The van der Waals surface area contributed by atoms with Crippen molar-refractivity contribution in [3.63, 3.8) is 0 Å². The highest BCUT2D eigenvalue weighted by molar-refractivity contribution is 5.85. The molecule has 2 aliphatic rings. The van der Waals surface area contributed by atoms with Crippen LogP contribution in [0.15, 0.2) is 0 Å². The highest BCUT2D eigenvalue weighted by Gasteiger charge is 2.28. The predicted molar refractivity (Wildman–Crippen MR) is 75.7 cm³/mol. The first-order valence-electron chi connectivity index (χ1n) is 6.93. The standard InChI is InChI=1S/C13H24N2O3.ClH/c1-10-8-14-5-6-15(10)13(16)11(2)18-9-12-4-3-7-17-12;/h10-12,14H,3-9H2,1-2H3;1H/t10-,11?,12?;/m0./s1. The van der Waals surface area contributed by atoms with E-state index in [0.29, 0.717) is 6.61 Å². The van der Waals surface area contributed by atoms with Crippen molar-refractivity contribution >= 4 is 18.3 Å². The molecule has 2 aliphatic heterocycles. The second-order valence-electron chi connectivity index (χ2n) is 5.20. The molecule has 0 aliphatic carbocycles. The minimum Gasteiger partial charge on any atom is -0.376 e. The molecule has 2 unspecified atom stereocenters. The van der Waals surface area contributed by atoms with Gasteiger partial charge in [-0.15, -0.1) is 12.4 Å². The zero-order valence-corrected chi connectivity index (χ0v) is 12.6. The normalized spacial score (nSPS) is 28.8. The van der Waals surface area contributed by atoms with Crippen LogP contribution in [0.1, 0.15) is 26.7 Å². The Bertz CT molecular complexity index is 285. The number of carbonyl (C=O) groups is 1. The molecule has 19 heavy (non-hydrogen) atoms. The largest absolute Gasteiger partial charge is 0.376 e. The molecule has 2 heterocycles. The van der Waals surface area contributed by atoms with Crippen molar-refractivity contribution in [3.05, 3.63) is 0 Å². The SMILES string of the molecule is CC(OCC1CCCO1)C(=O)N1CCNC[C@@H]1C.Cl. The Morgan fingerprint density at radius 1 is 1.58 bits per heavy atom. The van der Waals surface area contributed by atoms with Gasteiger partial charge in [-0.1, -0.05) is 0 Å². The first-order chi connectivity index (χ1) is 8.68. The van der Waals surface area contributed by atoms with E-state index in [9.17, 15) is 4.79 Å². The molecule has 2 rings (SSSR count). The van der Waals surface area contributed by atoms with E-state index in [1.54, 1.807) is 0 Å². The van der Waals surface area contributed by atoms with Gasteiger partial charge in [0.15, 0.2) is 0 Å². The van der Waals surface area contributed by atoms with Gasteiger partial charge in [-0.05, 0) is 26.7 Å². The number of hydrogen-bond acceptors (Lipinski definition) is 4. The van der Waals surface area contributed by atoms with E-state index in [2.05, 4.69) is 12.2 Å². The first-order valence-corrected chi connectivity index (χ1v) is 6.93. The van der Waals surface area contributed by atoms with Crippen molar-refractivity contribution in [3.8, 4) is 0 Å². The van der Waals surface area contributed by atoms with Gasteiger partial charge in [0.05, 0.1) is 12.7 Å². The maximum absolute atomic E-state index is 12.2. The van der Waals surface area contributed by atoms with Gasteiger partial charge < -0.3 is 19.7 Å². The van der Waals surface area contributed by atoms with Gasteiger partial charge in [-0.2, -0.15) is 0 Å². The Balaban J connectivity index is 0.00000180. The van der Waals surface area contributed by atoms with E-state index in [4.69, 9.17) is 9.47 Å². The second kappa shape index (κ2) is 8.04. The summed E-state index contributed by atoms with van der Waals surface area (Å²) >= 11 is 0. The molecule has 3 atom stereocenters. The molecule has 2 fully saturated rings. The monoisotopic (exact) mass is 292 g/mol. The predicted octanol–water partition coefficient (Wildman–Crippen LogP) is 0.813. The summed E-state index contributed by atoms with van der Waals surface area (Å²) in [6.45, 7) is 7.77. The summed E-state index contributed by atoms with van der Waals surface area (Å²) in [5.41, 5.74) is 0. The lowest BCUT2D eigenvalue weighted by molar-refractivity contribution is -0.147. The number of carbonyl (C=O) groups excluding carboxylic acids is 1. The molecule has 1 amide bonds. The van der Waals surface area contributed by atoms with Crippen molar-refractivity contribution in [1.82, 2.24) is 10.2 Å². The molecule has 5 nitrogen and oxygen atoms in total. The topological polar surface area (TPSA) is 50.8 Å². The molecular formula is C13H25ClN2O3. The Morgan fingerprint density at radius 2 is 2.37 bits per heavy atom. The van der Waals surface area contributed by atoms with E-state index in [-0.39, 0.29) is 36.6 Å². The van der Waals surface area contributed by atoms with Gasteiger partial charge in [0.25, 0.3) is 5.91 Å². The third kappa shape index (κ3) is 4.60. The average molecular weight is 293 g/mol. The lowest BCUT2D eigenvalue weighted by Gasteiger charge is -2.35. The van der Waals surface area contributed by atoms with E-state index in [1.807, 2.05) is 11.8 Å². The van der Waals surface area contributed by atoms with Crippen LogP contribution in [0.4, 0.5) is 0 Å². The fourth-order valence-corrected chi connectivity index (χ4v) is 2.50. The van der Waals surface area contributed by atoms with Crippen molar-refractivity contribution in [2.45, 2.75) is 44.9 Å². The number of piperazine rings is 1. The summed E-state index contributed by atoms with van der Waals surface area (Å²) in [4.78, 5) is 14.2. The van der Waals surface area contributed by atoms with Gasteiger partial charge in [0, 0.05) is 32.3 Å². The molecule has 0 aromatic rings. The summed E-state index contributed by atoms with van der Waals surface area (Å²) < 4.78 is 11.1. The molecule has 1 N–H and O–H groups in total. The number of ether oxygens (including phenoxy) is 2. The van der Waals surface area contributed by atoms with E-state index >= 15 is 0 Å². The Kier molecular flexibility index (Phi) is 7.07. The minimum atomic E-state index is -0.366. The summed E-state index contributed by atoms with van der Waals surface area (Å²) in [5.74, 6) is 0.0991. The van der Waals surface area contributed by atoms with Crippen molar-refractivity contribution in [2.24, 2.45) is 0 Å². The second-order valence-corrected chi connectivity index (χ2v) is 5.20. The van der Waals surface area contributed by atoms with Crippen molar-refractivity contribution < 1.29 is 14.3 Å². The van der Waals surface area contributed by atoms with Crippen LogP contribution in [0.25, 0.3) is 0 Å². The Hall–Kier alpha value is -0.360. The molecule has 6 heteroatoms. The number of nitrogens with zero attached hydrogens (tertiary/aromatic N) is 1. The lowest BCUT2D eigenvalue weighted by Crippen LogP contribution is -2.55. The quantitative estimate of drug-likeness (QED) is 0.833. The van der Waals surface area contributed by atoms with Gasteiger partial charge >= 0.3 is 0 Å². The molecule has 0 spiro atoms. The van der Waals surface area contributed by atoms with Crippen LogP contribution in [-0.4, -0.2) is 61.9 Å². The highest BCUT2D eigenvalue weighted by Crippen LogP contribution is 2.14. The molecule has 112 valence electrons. The smallest absolute Gasteiger partial charge is 0.251 e. The summed E-state index contributed by atoms with van der Waals surface area (Å²) in [5, 5.41) is 3.28. The lowest BCUT2D eigenvalue weighted by atomic mass is 10.2. The summed E-state index contributed by atoms with van der Waals surface area (Å²) in [6, 6.07) is 0.250. The van der Waals surface area contributed by atoms with Crippen LogP contribution in [-0.2, 0) is 14.3 Å². The molecule has 0 radical (unpaired) electrons. The third-order valence-electron chi connectivity index (χ3n) is 3.69. The van der Waals surface area contributed by atoms with Crippen LogP contribution in [0.5, 0.6) is 0 Å². The van der Waals surface area contributed by atoms with Crippen LogP contribution in [0.3, 0.4) is 0 Å². The maximum Gasteiger partial charge on any atom is 0.251 e. The van der Waals surface area contributed by atoms with Crippen LogP contribution in [0, 0.1) is 0 Å². The fourth-order valence-electron chi connectivity index (χ4n) is 2.50. The zero-order chi connectivity index (χ0) is 13.0. The zero-order valence-electron chi connectivity index (χ0n) is 11.8. The molecule has 0 aromatic carbocycles. The van der Waals surface area contributed by atoms with Crippen LogP contribution in [0.2, 0.25) is 0 Å². The van der Waals surface area contributed by atoms with Gasteiger partial charge in [-0.25, -0.2) is 0 Å². The molecule has 2 saturated heterocycles.